The fourth-order valence-electron chi connectivity index (χ4n) is 3.99. The van der Waals surface area contributed by atoms with Crippen molar-refractivity contribution in [1.82, 2.24) is 4.90 Å². The first kappa shape index (κ1) is 17.1. The van der Waals surface area contributed by atoms with E-state index in [0.29, 0.717) is 11.8 Å². The summed E-state index contributed by atoms with van der Waals surface area (Å²) in [5, 5.41) is 0. The predicted octanol–water partition coefficient (Wildman–Crippen LogP) is 1.98. The number of likely N-dealkylation sites (tertiary alicyclic amines) is 1. The van der Waals surface area contributed by atoms with Gasteiger partial charge in [-0.15, -0.1) is 0 Å². The van der Waals surface area contributed by atoms with Crippen molar-refractivity contribution >= 4 is 12.2 Å². The Labute approximate surface area is 143 Å². The summed E-state index contributed by atoms with van der Waals surface area (Å²) in [6.45, 7) is 4.63. The molecule has 0 radical (unpaired) electrons. The van der Waals surface area contributed by atoms with Crippen molar-refractivity contribution in [3.05, 3.63) is 29.3 Å². The van der Waals surface area contributed by atoms with Crippen LogP contribution in [0.15, 0.2) is 23.2 Å². The molecule has 5 heteroatoms. The van der Waals surface area contributed by atoms with Gasteiger partial charge in [0.25, 0.3) is 0 Å². The van der Waals surface area contributed by atoms with Crippen LogP contribution in [0.2, 0.25) is 0 Å². The lowest BCUT2D eigenvalue weighted by molar-refractivity contribution is -0.137. The second kappa shape index (κ2) is 6.30. The molecule has 3 rings (SSSR count). The predicted molar refractivity (Wildman–Crippen MR) is 95.4 cm³/mol. The molecule has 0 aromatic heterocycles. The number of benzene rings is 1. The fourth-order valence-corrected chi connectivity index (χ4v) is 3.99. The van der Waals surface area contributed by atoms with Gasteiger partial charge in [0.2, 0.25) is 0 Å². The van der Waals surface area contributed by atoms with Gasteiger partial charge in [-0.3, -0.25) is 4.79 Å². The van der Waals surface area contributed by atoms with E-state index in [1.807, 2.05) is 32.2 Å². The molecule has 0 amide bonds. The number of carbonyl (C=O) groups excluding carboxylic acids is 1. The number of esters is 1. The van der Waals surface area contributed by atoms with Gasteiger partial charge in [-0.05, 0) is 43.1 Å². The van der Waals surface area contributed by atoms with Gasteiger partial charge >= 0.3 is 5.97 Å². The largest absolute Gasteiger partial charge is 0.426 e. The minimum absolute atomic E-state index is 0.152. The molecule has 1 heterocycles. The maximum absolute atomic E-state index is 11.9. The molecule has 5 nitrogen and oxygen atoms in total. The van der Waals surface area contributed by atoms with E-state index < -0.39 is 5.54 Å². The average molecular weight is 329 g/mol. The van der Waals surface area contributed by atoms with Crippen LogP contribution in [-0.2, 0) is 16.8 Å². The summed E-state index contributed by atoms with van der Waals surface area (Å²) < 4.78 is 5.50. The monoisotopic (exact) mass is 329 g/mol. The number of nitrogens with zero attached hydrogens (tertiary/aromatic N) is 2. The van der Waals surface area contributed by atoms with Crippen molar-refractivity contribution in [2.45, 2.75) is 38.3 Å². The molecule has 1 saturated heterocycles. The van der Waals surface area contributed by atoms with Gasteiger partial charge < -0.3 is 20.4 Å². The highest BCUT2D eigenvalue weighted by Crippen LogP contribution is 2.45. The molecule has 0 spiro atoms. The van der Waals surface area contributed by atoms with Crippen LogP contribution in [0.1, 0.15) is 31.4 Å². The number of aliphatic imine (C=N–C) groups is 1. The normalized spacial score (nSPS) is 29.8. The van der Waals surface area contributed by atoms with Crippen LogP contribution in [-0.4, -0.2) is 43.8 Å². The zero-order valence-electron chi connectivity index (χ0n) is 15.0. The van der Waals surface area contributed by atoms with E-state index in [2.05, 4.69) is 23.0 Å². The summed E-state index contributed by atoms with van der Waals surface area (Å²) in [4.78, 5) is 18.6. The Kier molecular flexibility index (Phi) is 4.49. The number of likely N-dealkylation sites (N-methyl/N-ethyl adjacent to an activating group) is 1. The molecular weight excluding hydrogens is 302 g/mol. The summed E-state index contributed by atoms with van der Waals surface area (Å²) in [5.74, 6) is 0.386. The van der Waals surface area contributed by atoms with Crippen molar-refractivity contribution in [3.63, 3.8) is 0 Å². The molecule has 2 aliphatic rings. The van der Waals surface area contributed by atoms with E-state index in [-0.39, 0.29) is 17.8 Å². The van der Waals surface area contributed by atoms with Gasteiger partial charge in [0.15, 0.2) is 0 Å². The molecule has 1 aliphatic carbocycles. The lowest BCUT2D eigenvalue weighted by atomic mass is 9.63. The first-order valence-corrected chi connectivity index (χ1v) is 8.63. The van der Waals surface area contributed by atoms with Gasteiger partial charge in [-0.1, -0.05) is 19.9 Å². The molecule has 1 fully saturated rings. The van der Waals surface area contributed by atoms with Crippen molar-refractivity contribution < 1.29 is 9.53 Å². The quantitative estimate of drug-likeness (QED) is 0.523. The second-order valence-electron chi connectivity index (χ2n) is 7.37. The second-order valence-corrected chi connectivity index (χ2v) is 7.37. The van der Waals surface area contributed by atoms with E-state index in [1.54, 1.807) is 7.05 Å². The zero-order valence-corrected chi connectivity index (χ0v) is 15.0. The highest BCUT2D eigenvalue weighted by Gasteiger charge is 2.49. The standard InChI is InChI=1S/C19H27N3O2/c1-12(2)18(23)24-14-6-5-13-9-17-16(11-21-3)19(20,15(13)10-14)7-8-22(17)4/h5-6,10-12,16-17H,7-9,20H2,1-4H3/b21-11+/t16?,17?,19-/m0/s1. The van der Waals surface area contributed by atoms with Crippen LogP contribution in [0.5, 0.6) is 5.75 Å². The minimum atomic E-state index is -0.454. The summed E-state index contributed by atoms with van der Waals surface area (Å²) >= 11 is 0. The molecule has 2 unspecified atom stereocenters. The van der Waals surface area contributed by atoms with Crippen LogP contribution in [0.3, 0.4) is 0 Å². The maximum Gasteiger partial charge on any atom is 0.313 e. The van der Waals surface area contributed by atoms with E-state index in [4.69, 9.17) is 10.5 Å². The molecule has 1 aromatic rings. The van der Waals surface area contributed by atoms with Crippen LogP contribution in [0, 0.1) is 11.8 Å². The highest BCUT2D eigenvalue weighted by molar-refractivity contribution is 5.74. The first-order chi connectivity index (χ1) is 11.4. The lowest BCUT2D eigenvalue weighted by Crippen LogP contribution is -2.63. The topological polar surface area (TPSA) is 67.9 Å². The molecule has 3 atom stereocenters. The summed E-state index contributed by atoms with van der Waals surface area (Å²) in [7, 11) is 3.96. The zero-order chi connectivity index (χ0) is 17.5. The molecular formula is C19H27N3O2. The Bertz CT molecular complexity index is 671. The highest BCUT2D eigenvalue weighted by atomic mass is 16.5. The van der Waals surface area contributed by atoms with E-state index in [1.165, 1.54) is 5.56 Å². The Morgan fingerprint density at radius 3 is 2.92 bits per heavy atom. The first-order valence-electron chi connectivity index (χ1n) is 8.63. The lowest BCUT2D eigenvalue weighted by Gasteiger charge is -2.53. The van der Waals surface area contributed by atoms with Gasteiger partial charge in [0.1, 0.15) is 5.75 Å². The third-order valence-electron chi connectivity index (χ3n) is 5.47. The molecule has 1 aliphatic heterocycles. The number of hydrogen-bond donors (Lipinski definition) is 1. The molecule has 2 N–H and O–H groups in total. The smallest absolute Gasteiger partial charge is 0.313 e. The Balaban J connectivity index is 2.01. The molecule has 1 aromatic carbocycles. The third-order valence-corrected chi connectivity index (χ3v) is 5.47. The summed E-state index contributed by atoms with van der Waals surface area (Å²) in [6.07, 6.45) is 3.81. The Morgan fingerprint density at radius 2 is 2.25 bits per heavy atom. The summed E-state index contributed by atoms with van der Waals surface area (Å²) in [5.41, 5.74) is 8.80. The van der Waals surface area contributed by atoms with Crippen molar-refractivity contribution in [1.29, 1.82) is 0 Å². The average Bonchev–Trinajstić information content (AvgIpc) is 2.54. The third kappa shape index (κ3) is 2.76. The maximum atomic E-state index is 11.9. The van der Waals surface area contributed by atoms with E-state index in [9.17, 15) is 4.79 Å². The number of ether oxygens (including phenoxy) is 1. The molecule has 130 valence electrons. The van der Waals surface area contributed by atoms with Crippen LogP contribution >= 0.6 is 0 Å². The number of rotatable bonds is 3. The van der Waals surface area contributed by atoms with Crippen LogP contribution in [0.4, 0.5) is 0 Å². The van der Waals surface area contributed by atoms with Gasteiger partial charge in [-0.2, -0.15) is 0 Å². The van der Waals surface area contributed by atoms with Gasteiger partial charge in [0.05, 0.1) is 11.5 Å². The van der Waals surface area contributed by atoms with Crippen molar-refractivity contribution in [3.8, 4) is 5.75 Å². The Hall–Kier alpha value is -1.72. The van der Waals surface area contributed by atoms with Crippen molar-refractivity contribution in [2.24, 2.45) is 22.6 Å². The van der Waals surface area contributed by atoms with E-state index >= 15 is 0 Å². The summed E-state index contributed by atoms with van der Waals surface area (Å²) in [6, 6.07) is 6.27. The molecule has 2 bridgehead atoms. The SMILES string of the molecule is C/N=C/C1C2Cc3ccc(OC(=O)C(C)C)cc3[C@@]1(N)CCN2C. The van der Waals surface area contributed by atoms with Crippen LogP contribution in [0.25, 0.3) is 0 Å². The molecule has 0 saturated carbocycles. The van der Waals surface area contributed by atoms with Crippen molar-refractivity contribution in [2.75, 3.05) is 20.6 Å². The van der Waals surface area contributed by atoms with Gasteiger partial charge in [0, 0.05) is 31.8 Å². The van der Waals surface area contributed by atoms with Gasteiger partial charge in [-0.25, -0.2) is 0 Å². The van der Waals surface area contributed by atoms with E-state index in [0.717, 1.165) is 24.9 Å². The van der Waals surface area contributed by atoms with Crippen LogP contribution < -0.4 is 10.5 Å². The number of nitrogens with two attached hydrogens (primary N) is 1. The molecule has 24 heavy (non-hydrogen) atoms. The fraction of sp³-hybridized carbons (Fsp3) is 0.579. The number of hydrogen-bond acceptors (Lipinski definition) is 5. The Morgan fingerprint density at radius 1 is 1.50 bits per heavy atom. The number of carbonyl (C=O) groups is 1. The number of fused-ring (bicyclic) bond motifs is 4. The minimum Gasteiger partial charge on any atom is -0.426 e. The number of piperidine rings is 1.